The lowest BCUT2D eigenvalue weighted by Crippen LogP contribution is -2.18. The van der Waals surface area contributed by atoms with Gasteiger partial charge in [0, 0.05) is 16.5 Å². The molecule has 1 aromatic heterocycles. The van der Waals surface area contributed by atoms with Crippen molar-refractivity contribution in [3.8, 4) is 0 Å². The zero-order chi connectivity index (χ0) is 12.5. The molecule has 0 spiro atoms. The molecule has 0 saturated carbocycles. The largest absolute Gasteiger partial charge is 0.248 e. The Labute approximate surface area is 108 Å². The van der Waals surface area contributed by atoms with Crippen LogP contribution in [0.3, 0.4) is 0 Å². The fourth-order valence-corrected chi connectivity index (χ4v) is 2.86. The molecule has 1 aromatic carbocycles. The summed E-state index contributed by atoms with van der Waals surface area (Å²) in [5, 5.41) is 1.20. The monoisotopic (exact) mass is 245 g/mol. The molecule has 2 aromatic rings. The highest BCUT2D eigenvalue weighted by atomic mass is 32.1. The van der Waals surface area contributed by atoms with Crippen LogP contribution in [0.5, 0.6) is 0 Å². The Morgan fingerprint density at radius 2 is 1.76 bits per heavy atom. The van der Waals surface area contributed by atoms with Gasteiger partial charge in [-0.25, -0.2) is 4.98 Å². The second kappa shape index (κ2) is 4.61. The maximum Gasteiger partial charge on any atom is 0.103 e. The highest BCUT2D eigenvalue weighted by Gasteiger charge is 2.26. The average Bonchev–Trinajstić information content (AvgIpc) is 2.80. The topological polar surface area (TPSA) is 12.9 Å². The molecular weight excluding hydrogens is 226 g/mol. The van der Waals surface area contributed by atoms with E-state index in [4.69, 9.17) is 0 Å². The highest BCUT2D eigenvalue weighted by molar-refractivity contribution is 7.11. The van der Waals surface area contributed by atoms with Crippen LogP contribution >= 0.6 is 11.3 Å². The minimum atomic E-state index is -0.000926. The third kappa shape index (κ3) is 2.42. The number of aromatic nitrogens is 1. The van der Waals surface area contributed by atoms with Crippen molar-refractivity contribution in [2.24, 2.45) is 0 Å². The van der Waals surface area contributed by atoms with Crippen molar-refractivity contribution in [2.75, 3.05) is 0 Å². The Kier molecular flexibility index (Phi) is 3.34. The predicted octanol–water partition coefficient (Wildman–Crippen LogP) is 4.59. The summed E-state index contributed by atoms with van der Waals surface area (Å²) in [6.07, 6.45) is 2.02. The summed E-state index contributed by atoms with van der Waals surface area (Å²) in [4.78, 5) is 5.97. The highest BCUT2D eigenvalue weighted by Crippen LogP contribution is 2.35. The predicted molar refractivity (Wildman–Crippen MR) is 74.8 cm³/mol. The first-order chi connectivity index (χ1) is 8.01. The van der Waals surface area contributed by atoms with Gasteiger partial charge in [0.05, 0.1) is 0 Å². The van der Waals surface area contributed by atoms with E-state index in [9.17, 15) is 0 Å². The second-order valence-electron chi connectivity index (χ2n) is 5.21. The molecule has 0 saturated heterocycles. The molecule has 0 aliphatic carbocycles. The van der Waals surface area contributed by atoms with E-state index < -0.39 is 0 Å². The van der Waals surface area contributed by atoms with Gasteiger partial charge in [-0.05, 0) is 25.3 Å². The van der Waals surface area contributed by atoms with Crippen LogP contribution in [-0.4, -0.2) is 4.98 Å². The summed E-state index contributed by atoms with van der Waals surface area (Å²) in [7, 11) is 0. The Bertz CT molecular complexity index is 483. The standard InChI is InChI=1S/C15H19NS/c1-11(2)13-10-16-14(17-13)15(3,4)12-8-6-5-7-9-12/h5-11H,1-4H3. The minimum Gasteiger partial charge on any atom is -0.248 e. The van der Waals surface area contributed by atoms with E-state index in [-0.39, 0.29) is 5.41 Å². The number of thiazole rings is 1. The van der Waals surface area contributed by atoms with Crippen LogP contribution in [0.2, 0.25) is 0 Å². The van der Waals surface area contributed by atoms with Gasteiger partial charge in [0.1, 0.15) is 5.01 Å². The van der Waals surface area contributed by atoms with Crippen molar-refractivity contribution < 1.29 is 0 Å². The van der Waals surface area contributed by atoms with E-state index in [1.807, 2.05) is 17.5 Å². The molecule has 0 aliphatic heterocycles. The maximum absolute atomic E-state index is 4.60. The van der Waals surface area contributed by atoms with Gasteiger partial charge >= 0.3 is 0 Å². The summed E-state index contributed by atoms with van der Waals surface area (Å²) in [5.41, 5.74) is 1.32. The first kappa shape index (κ1) is 12.3. The summed E-state index contributed by atoms with van der Waals surface area (Å²) >= 11 is 1.83. The minimum absolute atomic E-state index is 0.000926. The fourth-order valence-electron chi connectivity index (χ4n) is 1.82. The molecule has 90 valence electrons. The Balaban J connectivity index is 2.37. The molecule has 0 atom stereocenters. The van der Waals surface area contributed by atoms with Gasteiger partial charge in [0.2, 0.25) is 0 Å². The fraction of sp³-hybridized carbons (Fsp3) is 0.400. The molecule has 0 aliphatic rings. The number of rotatable bonds is 3. The summed E-state index contributed by atoms with van der Waals surface area (Å²) in [6, 6.07) is 10.6. The van der Waals surface area contributed by atoms with Gasteiger partial charge in [0.15, 0.2) is 0 Å². The molecule has 2 rings (SSSR count). The average molecular weight is 245 g/mol. The number of hydrogen-bond donors (Lipinski definition) is 0. The van der Waals surface area contributed by atoms with Crippen molar-refractivity contribution >= 4 is 11.3 Å². The van der Waals surface area contributed by atoms with Crippen LogP contribution in [0.1, 0.15) is 49.1 Å². The van der Waals surface area contributed by atoms with Gasteiger partial charge in [0.25, 0.3) is 0 Å². The van der Waals surface area contributed by atoms with Crippen molar-refractivity contribution in [2.45, 2.75) is 39.0 Å². The van der Waals surface area contributed by atoms with Crippen LogP contribution in [0.15, 0.2) is 36.5 Å². The van der Waals surface area contributed by atoms with Gasteiger partial charge in [-0.15, -0.1) is 11.3 Å². The molecule has 1 heterocycles. The smallest absolute Gasteiger partial charge is 0.103 e. The van der Waals surface area contributed by atoms with Gasteiger partial charge in [-0.2, -0.15) is 0 Å². The number of benzene rings is 1. The lowest BCUT2D eigenvalue weighted by molar-refractivity contribution is 0.635. The van der Waals surface area contributed by atoms with E-state index in [2.05, 4.69) is 63.0 Å². The van der Waals surface area contributed by atoms with Crippen LogP contribution in [0, 0.1) is 0 Å². The third-order valence-corrected chi connectivity index (χ3v) is 4.74. The van der Waals surface area contributed by atoms with E-state index >= 15 is 0 Å². The van der Waals surface area contributed by atoms with Crippen molar-refractivity contribution in [3.63, 3.8) is 0 Å². The van der Waals surface area contributed by atoms with E-state index in [1.54, 1.807) is 0 Å². The van der Waals surface area contributed by atoms with E-state index in [0.29, 0.717) is 5.92 Å². The Hall–Kier alpha value is -1.15. The van der Waals surface area contributed by atoms with Gasteiger partial charge < -0.3 is 0 Å². The first-order valence-corrected chi connectivity index (χ1v) is 6.85. The van der Waals surface area contributed by atoms with E-state index in [1.165, 1.54) is 15.4 Å². The lowest BCUT2D eigenvalue weighted by Gasteiger charge is -2.22. The molecule has 0 N–H and O–H groups in total. The molecule has 0 unspecified atom stereocenters. The third-order valence-electron chi connectivity index (χ3n) is 3.12. The Morgan fingerprint density at radius 1 is 1.12 bits per heavy atom. The molecular formula is C15H19NS. The normalized spacial score (nSPS) is 12.1. The quantitative estimate of drug-likeness (QED) is 0.770. The zero-order valence-electron chi connectivity index (χ0n) is 10.9. The van der Waals surface area contributed by atoms with Crippen LogP contribution in [0.25, 0.3) is 0 Å². The lowest BCUT2D eigenvalue weighted by atomic mass is 9.85. The van der Waals surface area contributed by atoms with Crippen molar-refractivity contribution in [1.29, 1.82) is 0 Å². The van der Waals surface area contributed by atoms with Crippen LogP contribution in [0.4, 0.5) is 0 Å². The molecule has 0 bridgehead atoms. The molecule has 0 radical (unpaired) electrons. The van der Waals surface area contributed by atoms with E-state index in [0.717, 1.165) is 0 Å². The molecule has 0 fully saturated rings. The maximum atomic E-state index is 4.60. The van der Waals surface area contributed by atoms with Crippen molar-refractivity contribution in [3.05, 3.63) is 52.0 Å². The summed E-state index contributed by atoms with van der Waals surface area (Å²) in [6.45, 7) is 8.91. The molecule has 1 nitrogen and oxygen atoms in total. The number of nitrogens with zero attached hydrogens (tertiary/aromatic N) is 1. The van der Waals surface area contributed by atoms with Crippen LogP contribution in [-0.2, 0) is 5.41 Å². The van der Waals surface area contributed by atoms with Crippen LogP contribution < -0.4 is 0 Å². The second-order valence-corrected chi connectivity index (χ2v) is 6.28. The molecule has 2 heteroatoms. The SMILES string of the molecule is CC(C)c1cnc(C(C)(C)c2ccccc2)s1. The summed E-state index contributed by atoms with van der Waals surface area (Å²) in [5.74, 6) is 0.563. The Morgan fingerprint density at radius 3 is 2.29 bits per heavy atom. The number of hydrogen-bond acceptors (Lipinski definition) is 2. The first-order valence-electron chi connectivity index (χ1n) is 6.03. The van der Waals surface area contributed by atoms with Gasteiger partial charge in [-0.3, -0.25) is 0 Å². The summed E-state index contributed by atoms with van der Waals surface area (Å²) < 4.78 is 0. The van der Waals surface area contributed by atoms with Crippen molar-refractivity contribution in [1.82, 2.24) is 4.98 Å². The zero-order valence-corrected chi connectivity index (χ0v) is 11.7. The molecule has 17 heavy (non-hydrogen) atoms. The molecule has 0 amide bonds. The van der Waals surface area contributed by atoms with Gasteiger partial charge in [-0.1, -0.05) is 44.2 Å².